The van der Waals surface area contributed by atoms with Gasteiger partial charge in [-0.1, -0.05) is 12.1 Å². The highest BCUT2D eigenvalue weighted by Gasteiger charge is 2.11. The molecular formula is C14H11F2N. The molecular weight excluding hydrogens is 220 g/mol. The number of hydrogen-bond donors (Lipinski definition) is 1. The standard InChI is InChI=1S/C14H11F2N/c15-12-5-11(6-13(16)8-12)10-2-1-9-3-4-17-14(9)7-10/h1-2,5-8,17H,3-4H2. The van der Waals surface area contributed by atoms with Gasteiger partial charge in [-0.05, 0) is 41.3 Å². The highest BCUT2D eigenvalue weighted by Crippen LogP contribution is 2.29. The fraction of sp³-hybridized carbons (Fsp3) is 0.143. The van der Waals surface area contributed by atoms with E-state index in [1.165, 1.54) is 17.7 Å². The van der Waals surface area contributed by atoms with Crippen LogP contribution in [0.2, 0.25) is 0 Å². The number of benzene rings is 2. The zero-order valence-corrected chi connectivity index (χ0v) is 9.13. The highest BCUT2D eigenvalue weighted by atomic mass is 19.1. The summed E-state index contributed by atoms with van der Waals surface area (Å²) in [4.78, 5) is 0. The summed E-state index contributed by atoms with van der Waals surface area (Å²) in [6, 6.07) is 9.43. The zero-order valence-electron chi connectivity index (χ0n) is 9.13. The molecule has 0 aromatic heterocycles. The number of nitrogens with one attached hydrogen (secondary N) is 1. The third kappa shape index (κ3) is 1.88. The molecule has 1 aliphatic rings. The predicted molar refractivity (Wildman–Crippen MR) is 64.0 cm³/mol. The lowest BCUT2D eigenvalue weighted by atomic mass is 10.0. The fourth-order valence-corrected chi connectivity index (χ4v) is 2.19. The summed E-state index contributed by atoms with van der Waals surface area (Å²) in [6.45, 7) is 0.927. The van der Waals surface area contributed by atoms with Crippen molar-refractivity contribution in [2.75, 3.05) is 11.9 Å². The first-order chi connectivity index (χ1) is 8.22. The molecule has 0 radical (unpaired) electrons. The van der Waals surface area contributed by atoms with E-state index < -0.39 is 11.6 Å². The van der Waals surface area contributed by atoms with Gasteiger partial charge in [-0.15, -0.1) is 0 Å². The Morgan fingerprint density at radius 1 is 0.882 bits per heavy atom. The lowest BCUT2D eigenvalue weighted by Gasteiger charge is -2.06. The Morgan fingerprint density at radius 2 is 1.65 bits per heavy atom. The van der Waals surface area contributed by atoms with Crippen molar-refractivity contribution >= 4 is 5.69 Å². The fourth-order valence-electron chi connectivity index (χ4n) is 2.19. The van der Waals surface area contributed by atoms with Crippen molar-refractivity contribution in [1.29, 1.82) is 0 Å². The third-order valence-corrected chi connectivity index (χ3v) is 3.02. The molecule has 0 saturated heterocycles. The summed E-state index contributed by atoms with van der Waals surface area (Å²) in [6.07, 6.45) is 1.01. The maximum atomic E-state index is 13.1. The highest BCUT2D eigenvalue weighted by molar-refractivity contribution is 5.71. The number of halogens is 2. The lowest BCUT2D eigenvalue weighted by molar-refractivity contribution is 0.584. The molecule has 0 aliphatic carbocycles. The van der Waals surface area contributed by atoms with Gasteiger partial charge in [0.05, 0.1) is 0 Å². The molecule has 0 fully saturated rings. The van der Waals surface area contributed by atoms with E-state index in [1.54, 1.807) is 0 Å². The molecule has 0 amide bonds. The van der Waals surface area contributed by atoms with Crippen molar-refractivity contribution in [3.05, 3.63) is 53.6 Å². The van der Waals surface area contributed by atoms with E-state index in [0.29, 0.717) is 5.56 Å². The van der Waals surface area contributed by atoms with Gasteiger partial charge >= 0.3 is 0 Å². The first-order valence-corrected chi connectivity index (χ1v) is 5.56. The maximum Gasteiger partial charge on any atom is 0.126 e. The van der Waals surface area contributed by atoms with E-state index in [-0.39, 0.29) is 0 Å². The maximum absolute atomic E-state index is 13.1. The van der Waals surface area contributed by atoms with Crippen molar-refractivity contribution in [1.82, 2.24) is 0 Å². The second kappa shape index (κ2) is 3.84. The molecule has 0 atom stereocenters. The summed E-state index contributed by atoms with van der Waals surface area (Å²) < 4.78 is 26.3. The van der Waals surface area contributed by atoms with Crippen LogP contribution >= 0.6 is 0 Å². The van der Waals surface area contributed by atoms with Gasteiger partial charge in [0.1, 0.15) is 11.6 Å². The van der Waals surface area contributed by atoms with Gasteiger partial charge in [-0.25, -0.2) is 8.78 Å². The van der Waals surface area contributed by atoms with Crippen LogP contribution in [0.15, 0.2) is 36.4 Å². The molecule has 2 aromatic carbocycles. The van der Waals surface area contributed by atoms with E-state index in [9.17, 15) is 8.78 Å². The minimum Gasteiger partial charge on any atom is -0.384 e. The van der Waals surface area contributed by atoms with Crippen LogP contribution < -0.4 is 5.32 Å². The van der Waals surface area contributed by atoms with Crippen LogP contribution in [0, 0.1) is 11.6 Å². The van der Waals surface area contributed by atoms with Gasteiger partial charge < -0.3 is 5.32 Å². The van der Waals surface area contributed by atoms with E-state index in [2.05, 4.69) is 5.32 Å². The molecule has 3 heteroatoms. The van der Waals surface area contributed by atoms with Crippen LogP contribution in [0.4, 0.5) is 14.5 Å². The Kier molecular flexibility index (Phi) is 2.32. The molecule has 1 aliphatic heterocycles. The number of fused-ring (bicyclic) bond motifs is 1. The van der Waals surface area contributed by atoms with Crippen molar-refractivity contribution in [2.24, 2.45) is 0 Å². The average molecular weight is 231 g/mol. The first kappa shape index (κ1) is 10.3. The Morgan fingerprint density at radius 3 is 2.41 bits per heavy atom. The van der Waals surface area contributed by atoms with Gasteiger partial charge in [0.2, 0.25) is 0 Å². The monoisotopic (exact) mass is 231 g/mol. The Bertz CT molecular complexity index is 558. The molecule has 1 N–H and O–H groups in total. The van der Waals surface area contributed by atoms with Gasteiger partial charge in [0.15, 0.2) is 0 Å². The SMILES string of the molecule is Fc1cc(F)cc(-c2ccc3c(c2)NCC3)c1. The van der Waals surface area contributed by atoms with Crippen LogP contribution in [0.5, 0.6) is 0 Å². The van der Waals surface area contributed by atoms with Crippen LogP contribution in [-0.4, -0.2) is 6.54 Å². The minimum absolute atomic E-state index is 0.548. The second-order valence-corrected chi connectivity index (χ2v) is 4.21. The number of anilines is 1. The van der Waals surface area contributed by atoms with Gasteiger partial charge in [0.25, 0.3) is 0 Å². The van der Waals surface area contributed by atoms with Crippen molar-refractivity contribution < 1.29 is 8.78 Å². The molecule has 1 nitrogen and oxygen atoms in total. The first-order valence-electron chi connectivity index (χ1n) is 5.56. The van der Waals surface area contributed by atoms with E-state index in [1.807, 2.05) is 18.2 Å². The van der Waals surface area contributed by atoms with E-state index in [0.717, 1.165) is 30.3 Å². The average Bonchev–Trinajstić information content (AvgIpc) is 2.74. The van der Waals surface area contributed by atoms with Gasteiger partial charge in [-0.3, -0.25) is 0 Å². The third-order valence-electron chi connectivity index (χ3n) is 3.02. The Balaban J connectivity index is 2.09. The summed E-state index contributed by atoms with van der Waals surface area (Å²) in [5, 5.41) is 3.25. The molecule has 0 spiro atoms. The van der Waals surface area contributed by atoms with Crippen LogP contribution in [-0.2, 0) is 6.42 Å². The van der Waals surface area contributed by atoms with Crippen molar-refractivity contribution in [2.45, 2.75) is 6.42 Å². The van der Waals surface area contributed by atoms with Gasteiger partial charge in [-0.2, -0.15) is 0 Å². The molecule has 17 heavy (non-hydrogen) atoms. The Labute approximate surface area is 98.1 Å². The molecule has 2 aromatic rings. The normalized spacial score (nSPS) is 13.3. The minimum atomic E-state index is -0.548. The molecule has 0 unspecified atom stereocenters. The number of rotatable bonds is 1. The second-order valence-electron chi connectivity index (χ2n) is 4.21. The molecule has 0 saturated carbocycles. The lowest BCUT2D eigenvalue weighted by Crippen LogP contribution is -1.91. The largest absolute Gasteiger partial charge is 0.384 e. The van der Waals surface area contributed by atoms with Crippen LogP contribution in [0.25, 0.3) is 11.1 Å². The zero-order chi connectivity index (χ0) is 11.8. The molecule has 86 valence electrons. The van der Waals surface area contributed by atoms with Gasteiger partial charge in [0, 0.05) is 18.3 Å². The van der Waals surface area contributed by atoms with Crippen molar-refractivity contribution in [3.8, 4) is 11.1 Å². The van der Waals surface area contributed by atoms with Crippen LogP contribution in [0.1, 0.15) is 5.56 Å². The molecule has 0 bridgehead atoms. The topological polar surface area (TPSA) is 12.0 Å². The number of hydrogen-bond acceptors (Lipinski definition) is 1. The quantitative estimate of drug-likeness (QED) is 0.790. The Hall–Kier alpha value is -1.90. The summed E-state index contributed by atoms with van der Waals surface area (Å²) in [5.41, 5.74) is 3.72. The van der Waals surface area contributed by atoms with E-state index >= 15 is 0 Å². The van der Waals surface area contributed by atoms with Crippen LogP contribution in [0.3, 0.4) is 0 Å². The van der Waals surface area contributed by atoms with E-state index in [4.69, 9.17) is 0 Å². The molecule has 1 heterocycles. The summed E-state index contributed by atoms with van der Waals surface area (Å²) in [7, 11) is 0. The summed E-state index contributed by atoms with van der Waals surface area (Å²) in [5.74, 6) is -1.10. The molecule has 3 rings (SSSR count). The summed E-state index contributed by atoms with van der Waals surface area (Å²) >= 11 is 0. The van der Waals surface area contributed by atoms with Crippen molar-refractivity contribution in [3.63, 3.8) is 0 Å². The predicted octanol–water partition coefficient (Wildman–Crippen LogP) is 3.60. The smallest absolute Gasteiger partial charge is 0.126 e.